The summed E-state index contributed by atoms with van der Waals surface area (Å²) < 4.78 is 0. The smallest absolute Gasteiger partial charge is 0.0381 e. The van der Waals surface area contributed by atoms with Crippen molar-refractivity contribution in [2.75, 3.05) is 0 Å². The molecule has 2 heterocycles. The van der Waals surface area contributed by atoms with Gasteiger partial charge in [-0.15, -0.1) is 22.7 Å². The van der Waals surface area contributed by atoms with Gasteiger partial charge in [-0.1, -0.05) is 0 Å². The van der Waals surface area contributed by atoms with Crippen LogP contribution in [0.3, 0.4) is 0 Å². The van der Waals surface area contributed by atoms with Gasteiger partial charge in [0, 0.05) is 16.2 Å². The third-order valence-corrected chi connectivity index (χ3v) is 6.00. The molecule has 1 aromatic carbocycles. The maximum Gasteiger partial charge on any atom is 0.0381 e. The number of hydrogen-bond donors (Lipinski definition) is 0. The van der Waals surface area contributed by atoms with E-state index in [9.17, 15) is 0 Å². The summed E-state index contributed by atoms with van der Waals surface area (Å²) in [5.74, 6) is 0. The molecular weight excluding hydrogens is 256 g/mol. The van der Waals surface area contributed by atoms with Crippen LogP contribution in [0.1, 0.15) is 21.6 Å². The summed E-state index contributed by atoms with van der Waals surface area (Å²) in [5, 5.41) is 4.44. The van der Waals surface area contributed by atoms with E-state index in [2.05, 4.69) is 35.0 Å². The first-order valence-electron chi connectivity index (χ1n) is 6.19. The Hall–Kier alpha value is -1.38. The molecule has 2 aliphatic rings. The van der Waals surface area contributed by atoms with Crippen LogP contribution < -0.4 is 0 Å². The molecule has 18 heavy (non-hydrogen) atoms. The Bertz CT molecular complexity index is 721. The van der Waals surface area contributed by atoms with Crippen LogP contribution in [0, 0.1) is 0 Å². The van der Waals surface area contributed by atoms with Crippen LogP contribution in [0.4, 0.5) is 0 Å². The van der Waals surface area contributed by atoms with Gasteiger partial charge in [0.1, 0.15) is 0 Å². The molecule has 0 fully saturated rings. The van der Waals surface area contributed by atoms with Gasteiger partial charge in [0.15, 0.2) is 0 Å². The molecule has 2 aliphatic carbocycles. The zero-order chi connectivity index (χ0) is 11.7. The molecule has 2 aromatic heterocycles. The quantitative estimate of drug-likeness (QED) is 0.372. The van der Waals surface area contributed by atoms with E-state index in [1.54, 1.807) is 4.88 Å². The predicted octanol–water partition coefficient (Wildman–Crippen LogP) is 4.95. The highest BCUT2D eigenvalue weighted by atomic mass is 32.1. The minimum Gasteiger partial charge on any atom is -0.148 e. The molecule has 0 unspecified atom stereocenters. The van der Waals surface area contributed by atoms with E-state index >= 15 is 0 Å². The van der Waals surface area contributed by atoms with Crippen molar-refractivity contribution in [1.29, 1.82) is 0 Å². The van der Waals surface area contributed by atoms with Crippen molar-refractivity contribution in [3.8, 4) is 21.6 Å². The van der Waals surface area contributed by atoms with E-state index < -0.39 is 0 Å². The van der Waals surface area contributed by atoms with E-state index in [1.165, 1.54) is 38.3 Å². The van der Waals surface area contributed by atoms with Gasteiger partial charge in [-0.25, -0.2) is 0 Å². The van der Waals surface area contributed by atoms with E-state index in [4.69, 9.17) is 0 Å². The normalized spacial score (nSPS) is 14.2. The lowest BCUT2D eigenvalue weighted by atomic mass is 10.00. The second-order valence-electron chi connectivity index (χ2n) is 5.05. The van der Waals surface area contributed by atoms with Gasteiger partial charge in [-0.3, -0.25) is 0 Å². The SMILES string of the molecule is c1cc2c(s1)Cc1cc3c(cc1-2)Cc1ccsc1-3. The lowest BCUT2D eigenvalue weighted by molar-refractivity contribution is 1.25. The molecule has 0 bridgehead atoms. The highest BCUT2D eigenvalue weighted by molar-refractivity contribution is 7.13. The number of benzene rings is 1. The van der Waals surface area contributed by atoms with E-state index in [1.807, 2.05) is 22.7 Å². The summed E-state index contributed by atoms with van der Waals surface area (Å²) in [7, 11) is 0. The van der Waals surface area contributed by atoms with E-state index in [0.29, 0.717) is 0 Å². The maximum atomic E-state index is 2.44. The van der Waals surface area contributed by atoms with Crippen LogP contribution in [0.15, 0.2) is 35.0 Å². The van der Waals surface area contributed by atoms with Crippen LogP contribution in [-0.2, 0) is 12.8 Å². The third kappa shape index (κ3) is 1.06. The molecule has 0 saturated heterocycles. The summed E-state index contributed by atoms with van der Waals surface area (Å²) >= 11 is 3.78. The average molecular weight is 266 g/mol. The van der Waals surface area contributed by atoms with Crippen molar-refractivity contribution >= 4 is 22.7 Å². The monoisotopic (exact) mass is 266 g/mol. The molecule has 0 N–H and O–H groups in total. The summed E-state index contributed by atoms with van der Waals surface area (Å²) in [5.41, 5.74) is 9.03. The first-order chi connectivity index (χ1) is 8.90. The minimum absolute atomic E-state index is 1.13. The van der Waals surface area contributed by atoms with Crippen LogP contribution in [0.2, 0.25) is 0 Å². The molecule has 3 aromatic rings. The number of fused-ring (bicyclic) bond motifs is 6. The summed E-state index contributed by atoms with van der Waals surface area (Å²) in [6.07, 6.45) is 2.26. The fraction of sp³-hybridized carbons (Fsp3) is 0.125. The Balaban J connectivity index is 1.80. The number of rotatable bonds is 0. The second-order valence-corrected chi connectivity index (χ2v) is 6.97. The van der Waals surface area contributed by atoms with Crippen LogP contribution in [0.5, 0.6) is 0 Å². The van der Waals surface area contributed by atoms with E-state index in [0.717, 1.165) is 12.8 Å². The largest absolute Gasteiger partial charge is 0.148 e. The van der Waals surface area contributed by atoms with Crippen molar-refractivity contribution in [3.05, 3.63) is 56.6 Å². The maximum absolute atomic E-state index is 2.44. The van der Waals surface area contributed by atoms with E-state index in [-0.39, 0.29) is 0 Å². The predicted molar refractivity (Wildman–Crippen MR) is 78.7 cm³/mol. The van der Waals surface area contributed by atoms with Crippen molar-refractivity contribution < 1.29 is 0 Å². The van der Waals surface area contributed by atoms with Gasteiger partial charge in [0.2, 0.25) is 0 Å². The molecule has 0 aliphatic heterocycles. The second kappa shape index (κ2) is 3.14. The highest BCUT2D eigenvalue weighted by Crippen LogP contribution is 2.47. The number of hydrogen-bond acceptors (Lipinski definition) is 2. The molecule has 5 rings (SSSR count). The molecule has 0 radical (unpaired) electrons. The Morgan fingerprint density at radius 1 is 0.722 bits per heavy atom. The first kappa shape index (κ1) is 9.54. The lowest BCUT2D eigenvalue weighted by Crippen LogP contribution is -1.86. The molecule has 0 amide bonds. The Kier molecular flexibility index (Phi) is 1.66. The molecule has 0 nitrogen and oxygen atoms in total. The van der Waals surface area contributed by atoms with Crippen molar-refractivity contribution in [1.82, 2.24) is 0 Å². The summed E-state index contributed by atoms with van der Waals surface area (Å²) in [6.45, 7) is 0. The van der Waals surface area contributed by atoms with Crippen molar-refractivity contribution in [3.63, 3.8) is 0 Å². The topological polar surface area (TPSA) is 0 Å². The zero-order valence-electron chi connectivity index (χ0n) is 9.69. The standard InChI is InChI=1S/C16H10S2/c1-3-18-16-9(1)5-10-6-13-11(7-14(10)16)8-15-12(13)2-4-17-15/h1-4,6-7H,5,8H2. The summed E-state index contributed by atoms with van der Waals surface area (Å²) in [4.78, 5) is 3.04. The van der Waals surface area contributed by atoms with Gasteiger partial charge in [0.25, 0.3) is 0 Å². The van der Waals surface area contributed by atoms with Gasteiger partial charge < -0.3 is 0 Å². The minimum atomic E-state index is 1.13. The van der Waals surface area contributed by atoms with Gasteiger partial charge >= 0.3 is 0 Å². The molecular formula is C16H10S2. The van der Waals surface area contributed by atoms with Crippen molar-refractivity contribution in [2.45, 2.75) is 12.8 Å². The number of thiophene rings is 2. The Morgan fingerprint density at radius 2 is 1.56 bits per heavy atom. The molecule has 0 atom stereocenters. The van der Waals surface area contributed by atoms with Gasteiger partial charge in [0.05, 0.1) is 0 Å². The van der Waals surface area contributed by atoms with Crippen LogP contribution >= 0.6 is 22.7 Å². The molecule has 2 heteroatoms. The molecule has 0 saturated carbocycles. The Morgan fingerprint density at radius 3 is 2.56 bits per heavy atom. The van der Waals surface area contributed by atoms with Crippen LogP contribution in [0.25, 0.3) is 21.6 Å². The van der Waals surface area contributed by atoms with Gasteiger partial charge in [-0.05, 0) is 74.8 Å². The fourth-order valence-corrected chi connectivity index (χ4v) is 5.14. The van der Waals surface area contributed by atoms with Crippen molar-refractivity contribution in [2.24, 2.45) is 0 Å². The highest BCUT2D eigenvalue weighted by Gasteiger charge is 2.26. The zero-order valence-corrected chi connectivity index (χ0v) is 11.3. The van der Waals surface area contributed by atoms with Gasteiger partial charge in [-0.2, -0.15) is 0 Å². The molecule has 86 valence electrons. The van der Waals surface area contributed by atoms with Crippen LogP contribution in [-0.4, -0.2) is 0 Å². The first-order valence-corrected chi connectivity index (χ1v) is 7.95. The summed E-state index contributed by atoms with van der Waals surface area (Å²) in [6, 6.07) is 9.44. The third-order valence-electron chi connectivity index (χ3n) is 4.09. The average Bonchev–Trinajstić information content (AvgIpc) is 3.04. The lowest BCUT2D eigenvalue weighted by Gasteiger charge is -2.05. The Labute approximate surface area is 114 Å². The molecule has 0 spiro atoms. The fourth-order valence-electron chi connectivity index (χ4n) is 3.25.